The lowest BCUT2D eigenvalue weighted by Gasteiger charge is -2.10. The van der Waals surface area contributed by atoms with E-state index >= 15 is 0 Å². The highest BCUT2D eigenvalue weighted by Gasteiger charge is 2.65. The predicted molar refractivity (Wildman–Crippen MR) is 75.9 cm³/mol. The molecular formula is C14H16BrNO3. The molecule has 2 N–H and O–H groups in total. The van der Waals surface area contributed by atoms with Gasteiger partial charge in [-0.2, -0.15) is 0 Å². The number of amides is 1. The Balaban J connectivity index is 2.15. The molecule has 1 fully saturated rings. The molecule has 0 bridgehead atoms. The number of hydrogen-bond acceptors (Lipinski definition) is 2. The SMILES string of the molecule is Cc1c(Br)cccc1NC(=O)C1C(C(=O)O)C1(C)C. The maximum absolute atomic E-state index is 12.2. The number of anilines is 1. The van der Waals surface area contributed by atoms with Gasteiger partial charge in [0.1, 0.15) is 0 Å². The van der Waals surface area contributed by atoms with Gasteiger partial charge in [-0.1, -0.05) is 35.8 Å². The van der Waals surface area contributed by atoms with Crippen molar-refractivity contribution in [1.29, 1.82) is 0 Å². The lowest BCUT2D eigenvalue weighted by molar-refractivity contribution is -0.140. The molecule has 0 aliphatic heterocycles. The van der Waals surface area contributed by atoms with E-state index in [1.165, 1.54) is 0 Å². The normalized spacial score (nSPS) is 23.8. The topological polar surface area (TPSA) is 66.4 Å². The van der Waals surface area contributed by atoms with E-state index in [1.54, 1.807) is 0 Å². The van der Waals surface area contributed by atoms with Gasteiger partial charge in [-0.3, -0.25) is 9.59 Å². The average molecular weight is 326 g/mol. The molecule has 0 saturated heterocycles. The highest BCUT2D eigenvalue weighted by molar-refractivity contribution is 9.10. The molecule has 1 aliphatic rings. The van der Waals surface area contributed by atoms with E-state index < -0.39 is 23.2 Å². The Kier molecular flexibility index (Phi) is 3.43. The maximum atomic E-state index is 12.2. The van der Waals surface area contributed by atoms with E-state index in [-0.39, 0.29) is 5.91 Å². The van der Waals surface area contributed by atoms with Crippen LogP contribution < -0.4 is 5.32 Å². The molecule has 2 unspecified atom stereocenters. The molecule has 1 saturated carbocycles. The largest absolute Gasteiger partial charge is 0.481 e. The number of rotatable bonds is 3. The van der Waals surface area contributed by atoms with E-state index in [2.05, 4.69) is 21.2 Å². The summed E-state index contributed by atoms with van der Waals surface area (Å²) >= 11 is 3.40. The van der Waals surface area contributed by atoms with Crippen LogP contribution in [0.3, 0.4) is 0 Å². The van der Waals surface area contributed by atoms with Crippen LogP contribution in [-0.4, -0.2) is 17.0 Å². The van der Waals surface area contributed by atoms with Crippen LogP contribution in [-0.2, 0) is 9.59 Å². The molecule has 0 spiro atoms. The summed E-state index contributed by atoms with van der Waals surface area (Å²) in [6.07, 6.45) is 0. The van der Waals surface area contributed by atoms with Gasteiger partial charge in [0.05, 0.1) is 11.8 Å². The van der Waals surface area contributed by atoms with Crippen molar-refractivity contribution in [2.45, 2.75) is 20.8 Å². The smallest absolute Gasteiger partial charge is 0.307 e. The lowest BCUT2D eigenvalue weighted by Crippen LogP contribution is -2.18. The Bertz CT molecular complexity index is 554. The first-order valence-corrected chi connectivity index (χ1v) is 6.85. The first-order chi connectivity index (χ1) is 8.76. The van der Waals surface area contributed by atoms with Crippen LogP contribution in [0.1, 0.15) is 19.4 Å². The molecular weight excluding hydrogens is 310 g/mol. The summed E-state index contributed by atoms with van der Waals surface area (Å²) in [5.74, 6) is -2.20. The molecule has 19 heavy (non-hydrogen) atoms. The number of nitrogens with one attached hydrogen (secondary N) is 1. The van der Waals surface area contributed by atoms with Crippen molar-refractivity contribution < 1.29 is 14.7 Å². The minimum absolute atomic E-state index is 0.224. The third-order valence-electron chi connectivity index (χ3n) is 3.90. The van der Waals surface area contributed by atoms with Crippen molar-refractivity contribution in [3.05, 3.63) is 28.2 Å². The van der Waals surface area contributed by atoms with Gasteiger partial charge in [0.2, 0.25) is 5.91 Å². The van der Waals surface area contributed by atoms with Crippen LogP contribution >= 0.6 is 15.9 Å². The molecule has 0 radical (unpaired) electrons. The van der Waals surface area contributed by atoms with Crippen molar-refractivity contribution in [3.8, 4) is 0 Å². The summed E-state index contributed by atoms with van der Waals surface area (Å²) in [4.78, 5) is 23.3. The summed E-state index contributed by atoms with van der Waals surface area (Å²) in [5.41, 5.74) is 1.17. The Morgan fingerprint density at radius 2 is 1.95 bits per heavy atom. The molecule has 2 rings (SSSR count). The third-order valence-corrected chi connectivity index (χ3v) is 4.76. The van der Waals surface area contributed by atoms with E-state index in [0.29, 0.717) is 5.69 Å². The van der Waals surface area contributed by atoms with Gasteiger partial charge in [0.15, 0.2) is 0 Å². The molecule has 1 aliphatic carbocycles. The summed E-state index contributed by atoms with van der Waals surface area (Å²) in [7, 11) is 0. The molecule has 1 aromatic rings. The Morgan fingerprint density at radius 1 is 1.32 bits per heavy atom. The second kappa shape index (κ2) is 4.63. The quantitative estimate of drug-likeness (QED) is 0.897. The number of aliphatic carboxylic acids is 1. The molecule has 2 atom stereocenters. The van der Waals surface area contributed by atoms with E-state index in [4.69, 9.17) is 5.11 Å². The monoisotopic (exact) mass is 325 g/mol. The zero-order valence-electron chi connectivity index (χ0n) is 11.0. The van der Waals surface area contributed by atoms with Crippen LogP contribution in [0.15, 0.2) is 22.7 Å². The zero-order chi connectivity index (χ0) is 14.4. The standard InChI is InChI=1S/C14H16BrNO3/c1-7-8(15)5-4-6-9(7)16-12(17)10-11(13(18)19)14(10,2)3/h4-6,10-11H,1-3H3,(H,16,17)(H,18,19). The first kappa shape index (κ1) is 14.1. The van der Waals surface area contributed by atoms with Crippen LogP contribution in [0.2, 0.25) is 0 Å². The van der Waals surface area contributed by atoms with E-state index in [1.807, 2.05) is 39.0 Å². The number of carbonyl (C=O) groups is 2. The average Bonchev–Trinajstić information content (AvgIpc) is 2.88. The van der Waals surface area contributed by atoms with Crippen molar-refractivity contribution in [3.63, 3.8) is 0 Å². The fourth-order valence-corrected chi connectivity index (χ4v) is 2.91. The number of carbonyl (C=O) groups excluding carboxylic acids is 1. The van der Waals surface area contributed by atoms with Gasteiger partial charge in [0, 0.05) is 10.2 Å². The van der Waals surface area contributed by atoms with Crippen LogP contribution in [0.5, 0.6) is 0 Å². The zero-order valence-corrected chi connectivity index (χ0v) is 12.6. The molecule has 0 aromatic heterocycles. The van der Waals surface area contributed by atoms with Crippen molar-refractivity contribution in [1.82, 2.24) is 0 Å². The molecule has 0 heterocycles. The fraction of sp³-hybridized carbons (Fsp3) is 0.429. The predicted octanol–water partition coefficient (Wildman–Crippen LogP) is 3.05. The summed E-state index contributed by atoms with van der Waals surface area (Å²) in [6.45, 7) is 5.51. The van der Waals surface area contributed by atoms with Gasteiger partial charge in [-0.25, -0.2) is 0 Å². The second-order valence-electron chi connectivity index (χ2n) is 5.52. The molecule has 5 heteroatoms. The van der Waals surface area contributed by atoms with Crippen molar-refractivity contribution >= 4 is 33.5 Å². The summed E-state index contributed by atoms with van der Waals surface area (Å²) in [6, 6.07) is 5.54. The highest BCUT2D eigenvalue weighted by Crippen LogP contribution is 2.58. The fourth-order valence-electron chi connectivity index (χ4n) is 2.54. The van der Waals surface area contributed by atoms with Gasteiger partial charge >= 0.3 is 5.97 Å². The van der Waals surface area contributed by atoms with Crippen LogP contribution in [0.25, 0.3) is 0 Å². The highest BCUT2D eigenvalue weighted by atomic mass is 79.9. The number of carboxylic acids is 1. The molecule has 4 nitrogen and oxygen atoms in total. The minimum Gasteiger partial charge on any atom is -0.481 e. The van der Waals surface area contributed by atoms with Crippen LogP contribution in [0.4, 0.5) is 5.69 Å². The number of hydrogen-bond donors (Lipinski definition) is 2. The number of benzene rings is 1. The lowest BCUT2D eigenvalue weighted by atomic mass is 10.1. The second-order valence-corrected chi connectivity index (χ2v) is 6.37. The molecule has 1 aromatic carbocycles. The molecule has 102 valence electrons. The molecule has 1 amide bonds. The minimum atomic E-state index is -0.906. The third kappa shape index (κ3) is 2.39. The Labute approximate surface area is 120 Å². The Hall–Kier alpha value is -1.36. The number of halogens is 1. The van der Waals surface area contributed by atoms with Gasteiger partial charge in [0.25, 0.3) is 0 Å². The van der Waals surface area contributed by atoms with Gasteiger partial charge < -0.3 is 10.4 Å². The van der Waals surface area contributed by atoms with Gasteiger partial charge in [-0.05, 0) is 30.0 Å². The van der Waals surface area contributed by atoms with Gasteiger partial charge in [-0.15, -0.1) is 0 Å². The maximum Gasteiger partial charge on any atom is 0.307 e. The van der Waals surface area contributed by atoms with Crippen molar-refractivity contribution in [2.24, 2.45) is 17.3 Å². The van der Waals surface area contributed by atoms with E-state index in [9.17, 15) is 9.59 Å². The summed E-state index contributed by atoms with van der Waals surface area (Å²) in [5, 5.41) is 11.9. The summed E-state index contributed by atoms with van der Waals surface area (Å²) < 4.78 is 0.912. The first-order valence-electron chi connectivity index (χ1n) is 6.05. The van der Waals surface area contributed by atoms with E-state index in [0.717, 1.165) is 10.0 Å². The number of carboxylic acid groups (broad SMARTS) is 1. The Morgan fingerprint density at radius 3 is 2.47 bits per heavy atom. The van der Waals surface area contributed by atoms with Crippen LogP contribution in [0, 0.1) is 24.2 Å². The van der Waals surface area contributed by atoms with Crippen molar-refractivity contribution in [2.75, 3.05) is 5.32 Å².